The highest BCUT2D eigenvalue weighted by Crippen LogP contribution is 2.26. The van der Waals surface area contributed by atoms with Gasteiger partial charge in [-0.15, -0.1) is 0 Å². The molecule has 0 aliphatic carbocycles. The maximum Gasteiger partial charge on any atom is 0.275 e. The largest absolute Gasteiger partial charge is 0.493 e. The first-order valence-corrected chi connectivity index (χ1v) is 5.86. The van der Waals surface area contributed by atoms with Crippen molar-refractivity contribution in [3.8, 4) is 5.75 Å². The molecular formula is C12H18N2O4. The molecule has 2 N–H and O–H groups in total. The van der Waals surface area contributed by atoms with Crippen molar-refractivity contribution in [3.05, 3.63) is 28.3 Å². The van der Waals surface area contributed by atoms with Gasteiger partial charge in [-0.05, 0) is 13.3 Å². The normalized spacial score (nSPS) is 11.9. The molecule has 6 nitrogen and oxygen atoms in total. The highest BCUT2D eigenvalue weighted by Gasteiger charge is 2.11. The number of benzene rings is 1. The van der Waals surface area contributed by atoms with Crippen molar-refractivity contribution in [2.24, 2.45) is 0 Å². The Bertz CT molecular complexity index is 409. The molecule has 1 aromatic rings. The molecule has 0 saturated heterocycles. The Morgan fingerprint density at radius 2 is 2.22 bits per heavy atom. The number of aliphatic hydroxyl groups is 1. The fourth-order valence-electron chi connectivity index (χ4n) is 1.41. The molecule has 100 valence electrons. The van der Waals surface area contributed by atoms with Crippen LogP contribution in [0.4, 0.5) is 11.4 Å². The molecule has 1 unspecified atom stereocenters. The molecule has 1 aromatic carbocycles. The lowest BCUT2D eigenvalue weighted by Gasteiger charge is -2.13. The van der Waals surface area contributed by atoms with Gasteiger partial charge in [0, 0.05) is 23.9 Å². The lowest BCUT2D eigenvalue weighted by molar-refractivity contribution is -0.384. The van der Waals surface area contributed by atoms with Gasteiger partial charge in [-0.3, -0.25) is 10.1 Å². The number of nitrogens with one attached hydrogen (secondary N) is 1. The Kier molecular flexibility index (Phi) is 5.38. The standard InChI is InChI=1S/C12H18N2O4/c1-3-4-18-12-6-10(13-9(2)8-15)5-11(7-12)14(16)17/h5-7,9,13,15H,3-4,8H2,1-2H3. The number of anilines is 1. The van der Waals surface area contributed by atoms with E-state index < -0.39 is 4.92 Å². The summed E-state index contributed by atoms with van der Waals surface area (Å²) in [6.07, 6.45) is 0.832. The van der Waals surface area contributed by atoms with Gasteiger partial charge >= 0.3 is 0 Å². The van der Waals surface area contributed by atoms with Crippen LogP contribution < -0.4 is 10.1 Å². The second-order valence-electron chi connectivity index (χ2n) is 4.05. The van der Waals surface area contributed by atoms with Crippen molar-refractivity contribution in [3.63, 3.8) is 0 Å². The molecular weight excluding hydrogens is 236 g/mol. The lowest BCUT2D eigenvalue weighted by Crippen LogP contribution is -2.19. The maximum atomic E-state index is 10.8. The van der Waals surface area contributed by atoms with Crippen molar-refractivity contribution >= 4 is 11.4 Å². The Balaban J connectivity index is 2.94. The number of non-ortho nitro benzene ring substituents is 1. The summed E-state index contributed by atoms with van der Waals surface area (Å²) in [4.78, 5) is 10.3. The topological polar surface area (TPSA) is 84.6 Å². The van der Waals surface area contributed by atoms with E-state index in [9.17, 15) is 10.1 Å². The first-order chi connectivity index (χ1) is 8.56. The molecule has 0 radical (unpaired) electrons. The van der Waals surface area contributed by atoms with E-state index in [0.717, 1.165) is 6.42 Å². The first kappa shape index (κ1) is 14.2. The third-order valence-electron chi connectivity index (χ3n) is 2.26. The zero-order chi connectivity index (χ0) is 13.5. The Morgan fingerprint density at radius 3 is 2.78 bits per heavy atom. The fraction of sp³-hybridized carbons (Fsp3) is 0.500. The average molecular weight is 254 g/mol. The summed E-state index contributed by atoms with van der Waals surface area (Å²) in [5.41, 5.74) is 0.535. The number of nitro groups is 1. The highest BCUT2D eigenvalue weighted by atomic mass is 16.6. The van der Waals surface area contributed by atoms with Gasteiger partial charge in [0.05, 0.1) is 24.2 Å². The van der Waals surface area contributed by atoms with E-state index in [4.69, 9.17) is 9.84 Å². The van der Waals surface area contributed by atoms with Crippen LogP contribution in [0.25, 0.3) is 0 Å². The van der Waals surface area contributed by atoms with Gasteiger partial charge in [-0.1, -0.05) is 6.92 Å². The number of nitrogens with zero attached hydrogens (tertiary/aromatic N) is 1. The van der Waals surface area contributed by atoms with Crippen molar-refractivity contribution in [2.75, 3.05) is 18.5 Å². The van der Waals surface area contributed by atoms with E-state index in [-0.39, 0.29) is 18.3 Å². The van der Waals surface area contributed by atoms with Gasteiger partial charge in [0.1, 0.15) is 5.75 Å². The zero-order valence-corrected chi connectivity index (χ0v) is 10.5. The third kappa shape index (κ3) is 4.21. The fourth-order valence-corrected chi connectivity index (χ4v) is 1.41. The summed E-state index contributed by atoms with van der Waals surface area (Å²) >= 11 is 0. The summed E-state index contributed by atoms with van der Waals surface area (Å²) in [7, 11) is 0. The number of hydrogen-bond donors (Lipinski definition) is 2. The minimum Gasteiger partial charge on any atom is -0.493 e. The molecule has 0 bridgehead atoms. The van der Waals surface area contributed by atoms with Crippen molar-refractivity contribution in [2.45, 2.75) is 26.3 Å². The van der Waals surface area contributed by atoms with Gasteiger partial charge in [-0.2, -0.15) is 0 Å². The van der Waals surface area contributed by atoms with Crippen LogP contribution in [0.3, 0.4) is 0 Å². The molecule has 0 heterocycles. The Morgan fingerprint density at radius 1 is 1.50 bits per heavy atom. The predicted octanol–water partition coefficient (Wildman–Crippen LogP) is 2.18. The number of hydrogen-bond acceptors (Lipinski definition) is 5. The molecule has 0 amide bonds. The summed E-state index contributed by atoms with van der Waals surface area (Å²) in [6.45, 7) is 4.21. The van der Waals surface area contributed by atoms with Crippen molar-refractivity contribution in [1.82, 2.24) is 0 Å². The number of aliphatic hydroxyl groups excluding tert-OH is 1. The van der Waals surface area contributed by atoms with E-state index in [1.807, 2.05) is 6.92 Å². The Labute approximate surface area is 106 Å². The third-order valence-corrected chi connectivity index (χ3v) is 2.26. The minimum atomic E-state index is -0.465. The van der Waals surface area contributed by atoms with Crippen LogP contribution in [0.5, 0.6) is 5.75 Å². The van der Waals surface area contributed by atoms with E-state index >= 15 is 0 Å². The molecule has 6 heteroatoms. The molecule has 0 aliphatic heterocycles. The molecule has 0 fully saturated rings. The van der Waals surface area contributed by atoms with Crippen molar-refractivity contribution < 1.29 is 14.8 Å². The molecule has 0 aliphatic rings. The van der Waals surface area contributed by atoms with Gasteiger partial charge in [0.25, 0.3) is 5.69 Å². The quantitative estimate of drug-likeness (QED) is 0.575. The zero-order valence-electron chi connectivity index (χ0n) is 10.5. The van der Waals surface area contributed by atoms with Crippen LogP contribution in [0.15, 0.2) is 18.2 Å². The Hall–Kier alpha value is -1.82. The van der Waals surface area contributed by atoms with Gasteiger partial charge < -0.3 is 15.2 Å². The average Bonchev–Trinajstić information content (AvgIpc) is 2.35. The lowest BCUT2D eigenvalue weighted by atomic mass is 10.2. The molecule has 1 atom stereocenters. The number of ether oxygens (including phenoxy) is 1. The van der Waals surface area contributed by atoms with Gasteiger partial charge in [0.15, 0.2) is 0 Å². The second kappa shape index (κ2) is 6.80. The first-order valence-electron chi connectivity index (χ1n) is 5.86. The van der Waals surface area contributed by atoms with E-state index in [1.165, 1.54) is 12.1 Å². The smallest absolute Gasteiger partial charge is 0.275 e. The monoisotopic (exact) mass is 254 g/mol. The number of nitro benzene ring substituents is 1. The predicted molar refractivity (Wildman–Crippen MR) is 69.1 cm³/mol. The van der Waals surface area contributed by atoms with Crippen LogP contribution in [0.1, 0.15) is 20.3 Å². The van der Waals surface area contributed by atoms with Crippen LogP contribution in [0.2, 0.25) is 0 Å². The summed E-state index contributed by atoms with van der Waals surface area (Å²) in [6, 6.07) is 4.33. The van der Waals surface area contributed by atoms with Crippen molar-refractivity contribution in [1.29, 1.82) is 0 Å². The van der Waals surface area contributed by atoms with Crippen LogP contribution >= 0.6 is 0 Å². The summed E-state index contributed by atoms with van der Waals surface area (Å²) < 4.78 is 5.39. The second-order valence-corrected chi connectivity index (χ2v) is 4.05. The maximum absolute atomic E-state index is 10.8. The summed E-state index contributed by atoms with van der Waals surface area (Å²) in [5, 5.41) is 22.7. The van der Waals surface area contributed by atoms with E-state index in [0.29, 0.717) is 18.0 Å². The van der Waals surface area contributed by atoms with Crippen LogP contribution in [0, 0.1) is 10.1 Å². The summed E-state index contributed by atoms with van der Waals surface area (Å²) in [5.74, 6) is 0.457. The van der Waals surface area contributed by atoms with Crippen LogP contribution in [-0.4, -0.2) is 29.3 Å². The van der Waals surface area contributed by atoms with Crippen LogP contribution in [-0.2, 0) is 0 Å². The van der Waals surface area contributed by atoms with E-state index in [1.54, 1.807) is 13.0 Å². The molecule has 0 aromatic heterocycles. The molecule has 0 spiro atoms. The van der Waals surface area contributed by atoms with Gasteiger partial charge in [-0.25, -0.2) is 0 Å². The van der Waals surface area contributed by atoms with Gasteiger partial charge in [0.2, 0.25) is 0 Å². The SMILES string of the molecule is CCCOc1cc(NC(C)CO)cc([N+](=O)[O-])c1. The minimum absolute atomic E-state index is 0.0313. The van der Waals surface area contributed by atoms with E-state index in [2.05, 4.69) is 5.32 Å². The molecule has 18 heavy (non-hydrogen) atoms. The highest BCUT2D eigenvalue weighted by molar-refractivity contribution is 5.56. The molecule has 0 saturated carbocycles. The molecule has 1 rings (SSSR count). The number of rotatable bonds is 7.